The summed E-state index contributed by atoms with van der Waals surface area (Å²) in [7, 11) is 0. The van der Waals surface area contributed by atoms with E-state index in [1.807, 2.05) is 0 Å². The van der Waals surface area contributed by atoms with Gasteiger partial charge in [0.15, 0.2) is 0 Å². The van der Waals surface area contributed by atoms with Crippen LogP contribution in [0.15, 0.2) is 29.3 Å². The van der Waals surface area contributed by atoms with Crippen LogP contribution in [0.3, 0.4) is 0 Å². The van der Waals surface area contributed by atoms with E-state index in [9.17, 15) is 5.11 Å². The van der Waals surface area contributed by atoms with Gasteiger partial charge in [-0.15, -0.1) is 0 Å². The van der Waals surface area contributed by atoms with Crippen LogP contribution in [0.1, 0.15) is 63.0 Å². The van der Waals surface area contributed by atoms with Crippen LogP contribution in [-0.4, -0.2) is 33.5 Å². The van der Waals surface area contributed by atoms with E-state index < -0.39 is 9.33 Å². The van der Waals surface area contributed by atoms with Gasteiger partial charge in [0.2, 0.25) is 5.90 Å². The molecule has 27 heavy (non-hydrogen) atoms. The molecule has 1 aliphatic rings. The number of hydrogen-bond donors (Lipinski definition) is 1. The SMILES string of the molecule is CCCCCCCCc1ccc(CC[C@]2(CO)COC(C(Cl)(Cl)Cl)=N2)cc1. The second-order valence-corrected chi connectivity index (χ2v) is 9.70. The van der Waals surface area contributed by atoms with Gasteiger partial charge in [0.25, 0.3) is 3.79 Å². The molecule has 0 unspecified atom stereocenters. The highest BCUT2D eigenvalue weighted by Crippen LogP contribution is 2.35. The Labute approximate surface area is 178 Å². The molecule has 152 valence electrons. The summed E-state index contributed by atoms with van der Waals surface area (Å²) in [5.41, 5.74) is 1.87. The second kappa shape index (κ2) is 10.9. The summed E-state index contributed by atoms with van der Waals surface area (Å²) in [6, 6.07) is 8.72. The number of nitrogens with zero attached hydrogens (tertiary/aromatic N) is 1. The van der Waals surface area contributed by atoms with E-state index in [0.717, 1.165) is 12.8 Å². The molecule has 1 atom stereocenters. The van der Waals surface area contributed by atoms with Gasteiger partial charge in [0.05, 0.1) is 6.61 Å². The Morgan fingerprint density at radius 3 is 2.15 bits per heavy atom. The van der Waals surface area contributed by atoms with Crippen LogP contribution in [0.4, 0.5) is 0 Å². The number of unbranched alkanes of at least 4 members (excludes halogenated alkanes) is 5. The molecule has 0 amide bonds. The van der Waals surface area contributed by atoms with E-state index in [-0.39, 0.29) is 19.1 Å². The zero-order valence-corrected chi connectivity index (χ0v) is 18.3. The highest BCUT2D eigenvalue weighted by atomic mass is 35.6. The first kappa shape index (κ1) is 22.8. The molecule has 6 heteroatoms. The summed E-state index contributed by atoms with van der Waals surface area (Å²) < 4.78 is 3.72. The minimum Gasteiger partial charge on any atom is -0.475 e. The van der Waals surface area contributed by atoms with E-state index in [1.54, 1.807) is 0 Å². The van der Waals surface area contributed by atoms with E-state index in [4.69, 9.17) is 39.5 Å². The molecule has 1 aliphatic heterocycles. The number of alkyl halides is 3. The molecule has 0 bridgehead atoms. The average molecular weight is 435 g/mol. The molecule has 0 radical (unpaired) electrons. The first-order chi connectivity index (χ1) is 12.9. The minimum atomic E-state index is -1.69. The number of aryl methyl sites for hydroxylation is 2. The Morgan fingerprint density at radius 2 is 1.59 bits per heavy atom. The third kappa shape index (κ3) is 7.45. The Balaban J connectivity index is 1.80. The third-order valence-corrected chi connectivity index (χ3v) is 5.56. The van der Waals surface area contributed by atoms with Crippen molar-refractivity contribution in [3.8, 4) is 0 Å². The molecule has 0 fully saturated rings. The topological polar surface area (TPSA) is 41.8 Å². The lowest BCUT2D eigenvalue weighted by Crippen LogP contribution is -2.33. The van der Waals surface area contributed by atoms with Crippen molar-refractivity contribution in [3.63, 3.8) is 0 Å². The van der Waals surface area contributed by atoms with Crippen LogP contribution < -0.4 is 0 Å². The van der Waals surface area contributed by atoms with Gasteiger partial charge in [-0.2, -0.15) is 0 Å². The van der Waals surface area contributed by atoms with Crippen molar-refractivity contribution in [3.05, 3.63) is 35.4 Å². The van der Waals surface area contributed by atoms with Crippen LogP contribution in [0.2, 0.25) is 0 Å². The van der Waals surface area contributed by atoms with Gasteiger partial charge in [-0.1, -0.05) is 98.1 Å². The zero-order valence-electron chi connectivity index (χ0n) is 16.0. The summed E-state index contributed by atoms with van der Waals surface area (Å²) in [5, 5.41) is 9.78. The molecular formula is C21H30Cl3NO2. The molecular weight excluding hydrogens is 405 g/mol. The summed E-state index contributed by atoms with van der Waals surface area (Å²) in [4.78, 5) is 4.36. The predicted molar refractivity (Wildman–Crippen MR) is 115 cm³/mol. The molecule has 0 aliphatic carbocycles. The fourth-order valence-corrected chi connectivity index (χ4v) is 3.57. The fraction of sp³-hybridized carbons (Fsp3) is 0.667. The molecule has 0 spiro atoms. The number of rotatable bonds is 11. The summed E-state index contributed by atoms with van der Waals surface area (Å²) >= 11 is 17.5. The zero-order chi connectivity index (χ0) is 19.8. The second-order valence-electron chi connectivity index (χ2n) is 7.42. The number of hydrogen-bond acceptors (Lipinski definition) is 3. The van der Waals surface area contributed by atoms with E-state index in [0.29, 0.717) is 6.42 Å². The van der Waals surface area contributed by atoms with Gasteiger partial charge in [-0.25, -0.2) is 4.99 Å². The van der Waals surface area contributed by atoms with Gasteiger partial charge in [0, 0.05) is 0 Å². The fourth-order valence-electron chi connectivity index (χ4n) is 3.28. The molecule has 1 heterocycles. The Bertz CT molecular complexity index is 598. The largest absolute Gasteiger partial charge is 0.475 e. The van der Waals surface area contributed by atoms with Crippen LogP contribution in [0.5, 0.6) is 0 Å². The maximum absolute atomic E-state index is 9.78. The summed E-state index contributed by atoms with van der Waals surface area (Å²) in [6.45, 7) is 2.35. The van der Waals surface area contributed by atoms with Gasteiger partial charge in [-0.3, -0.25) is 0 Å². The van der Waals surface area contributed by atoms with Crippen LogP contribution in [-0.2, 0) is 17.6 Å². The number of aliphatic imine (C=N–C) groups is 1. The lowest BCUT2D eigenvalue weighted by Gasteiger charge is -2.21. The molecule has 1 N–H and O–H groups in total. The van der Waals surface area contributed by atoms with Crippen LogP contribution >= 0.6 is 34.8 Å². The molecule has 1 aromatic carbocycles. The number of ether oxygens (including phenoxy) is 1. The lowest BCUT2D eigenvalue weighted by molar-refractivity contribution is 0.149. The standard InChI is InChI=1S/C21H30Cl3NO2/c1-2-3-4-5-6-7-8-17-9-11-18(12-10-17)13-14-20(15-26)16-27-19(25-20)21(22,23)24/h9-12,26H,2-8,13-16H2,1H3/t20-/m0/s1. The predicted octanol–water partition coefficient (Wildman–Crippen LogP) is 6.05. The highest BCUT2D eigenvalue weighted by Gasteiger charge is 2.42. The van der Waals surface area contributed by atoms with Crippen molar-refractivity contribution in [2.75, 3.05) is 13.2 Å². The summed E-state index contributed by atoms with van der Waals surface area (Å²) in [6.07, 6.45) is 10.5. The Morgan fingerprint density at radius 1 is 1.00 bits per heavy atom. The molecule has 0 saturated carbocycles. The maximum atomic E-state index is 9.78. The van der Waals surface area contributed by atoms with E-state index in [1.165, 1.54) is 49.7 Å². The summed E-state index contributed by atoms with van der Waals surface area (Å²) in [5.74, 6) is 0.0656. The lowest BCUT2D eigenvalue weighted by atomic mass is 9.93. The molecule has 3 nitrogen and oxygen atoms in total. The molecule has 0 saturated heterocycles. The van der Waals surface area contributed by atoms with Crippen molar-refractivity contribution in [1.82, 2.24) is 0 Å². The van der Waals surface area contributed by atoms with Crippen molar-refractivity contribution in [2.45, 2.75) is 74.0 Å². The van der Waals surface area contributed by atoms with Crippen molar-refractivity contribution in [2.24, 2.45) is 4.99 Å². The Kier molecular flexibility index (Phi) is 9.21. The first-order valence-electron chi connectivity index (χ1n) is 9.87. The Hall–Kier alpha value is -0.480. The van der Waals surface area contributed by atoms with Gasteiger partial charge < -0.3 is 9.84 Å². The maximum Gasteiger partial charge on any atom is 0.266 e. The number of aliphatic hydroxyl groups excluding tert-OH is 1. The minimum absolute atomic E-state index is 0.0656. The highest BCUT2D eigenvalue weighted by molar-refractivity contribution is 6.76. The van der Waals surface area contributed by atoms with Gasteiger partial charge in [-0.05, 0) is 36.8 Å². The van der Waals surface area contributed by atoms with Gasteiger partial charge in [0.1, 0.15) is 12.1 Å². The van der Waals surface area contributed by atoms with Crippen LogP contribution in [0, 0.1) is 0 Å². The van der Waals surface area contributed by atoms with Crippen molar-refractivity contribution in [1.29, 1.82) is 0 Å². The van der Waals surface area contributed by atoms with Crippen molar-refractivity contribution < 1.29 is 9.84 Å². The normalized spacial score (nSPS) is 19.8. The van der Waals surface area contributed by atoms with Crippen molar-refractivity contribution >= 4 is 40.7 Å². The number of aliphatic hydroxyl groups is 1. The quantitative estimate of drug-likeness (QED) is 0.340. The van der Waals surface area contributed by atoms with Crippen LogP contribution in [0.25, 0.3) is 0 Å². The average Bonchev–Trinajstić information content (AvgIpc) is 3.09. The number of benzene rings is 1. The number of halogens is 3. The van der Waals surface area contributed by atoms with Gasteiger partial charge >= 0.3 is 0 Å². The first-order valence-corrected chi connectivity index (χ1v) is 11.0. The molecule has 0 aromatic heterocycles. The molecule has 1 aromatic rings. The smallest absolute Gasteiger partial charge is 0.266 e. The third-order valence-electron chi connectivity index (χ3n) is 5.07. The van der Waals surface area contributed by atoms with E-state index >= 15 is 0 Å². The monoisotopic (exact) mass is 433 g/mol. The molecule has 2 rings (SSSR count). The van der Waals surface area contributed by atoms with E-state index in [2.05, 4.69) is 36.2 Å².